The third kappa shape index (κ3) is 4.74. The zero-order chi connectivity index (χ0) is 17.3. The Morgan fingerprint density at radius 1 is 1.00 bits per heavy atom. The number of hydrogen-bond acceptors (Lipinski definition) is 3. The van der Waals surface area contributed by atoms with Crippen LogP contribution in [0.5, 0.6) is 0 Å². The molecule has 0 aromatic heterocycles. The normalized spacial score (nSPS) is 19.0. The van der Waals surface area contributed by atoms with E-state index in [9.17, 15) is 26.3 Å². The first-order valence-corrected chi connectivity index (χ1v) is 6.97. The maximum atomic E-state index is 12.7. The van der Waals surface area contributed by atoms with Crippen molar-refractivity contribution in [2.45, 2.75) is 18.5 Å². The number of aliphatic hydroxyl groups excluding tert-OH is 1. The summed E-state index contributed by atoms with van der Waals surface area (Å²) in [5, 5.41) is 9.04. The first-order valence-electron chi connectivity index (χ1n) is 6.97. The first kappa shape index (κ1) is 17.9. The van der Waals surface area contributed by atoms with E-state index >= 15 is 0 Å². The number of β-amino-alcohol motifs (C(OH)–C–C–N with tert-alkyl or cyclic N) is 1. The van der Waals surface area contributed by atoms with Gasteiger partial charge in [-0.3, -0.25) is 4.90 Å². The van der Waals surface area contributed by atoms with Crippen molar-refractivity contribution in [1.82, 2.24) is 4.90 Å². The fourth-order valence-electron chi connectivity index (χ4n) is 2.42. The molecule has 9 heteroatoms. The number of piperazine rings is 1. The van der Waals surface area contributed by atoms with Gasteiger partial charge in [-0.05, 0) is 18.2 Å². The number of halogens is 6. The SMILES string of the molecule is O[C@@H](CN1CCN(c2cccc(C(F)(F)F)c2)CC1)C(F)(F)F. The van der Waals surface area contributed by atoms with Gasteiger partial charge in [-0.15, -0.1) is 0 Å². The van der Waals surface area contributed by atoms with E-state index in [1.807, 2.05) is 0 Å². The number of rotatable bonds is 3. The second-order valence-electron chi connectivity index (χ2n) is 5.39. The van der Waals surface area contributed by atoms with E-state index in [1.54, 1.807) is 4.90 Å². The molecule has 1 aliphatic heterocycles. The summed E-state index contributed by atoms with van der Waals surface area (Å²) in [4.78, 5) is 3.13. The van der Waals surface area contributed by atoms with Gasteiger partial charge in [0.15, 0.2) is 6.10 Å². The van der Waals surface area contributed by atoms with E-state index in [1.165, 1.54) is 17.0 Å². The summed E-state index contributed by atoms with van der Waals surface area (Å²) in [5.74, 6) is 0. The van der Waals surface area contributed by atoms with Gasteiger partial charge in [0.25, 0.3) is 0 Å². The molecular weight excluding hydrogens is 326 g/mol. The predicted octanol–water partition coefficient (Wildman–Crippen LogP) is 2.75. The zero-order valence-corrected chi connectivity index (χ0v) is 12.0. The highest BCUT2D eigenvalue weighted by Crippen LogP contribution is 2.32. The highest BCUT2D eigenvalue weighted by molar-refractivity contribution is 5.49. The minimum atomic E-state index is -4.67. The van der Waals surface area contributed by atoms with Gasteiger partial charge in [-0.2, -0.15) is 26.3 Å². The van der Waals surface area contributed by atoms with Crippen molar-refractivity contribution in [3.05, 3.63) is 29.8 Å². The monoisotopic (exact) mass is 342 g/mol. The van der Waals surface area contributed by atoms with Gasteiger partial charge < -0.3 is 10.0 Å². The third-order valence-electron chi connectivity index (χ3n) is 3.72. The lowest BCUT2D eigenvalue weighted by Gasteiger charge is -2.37. The van der Waals surface area contributed by atoms with Crippen LogP contribution in [-0.4, -0.2) is 55.0 Å². The average molecular weight is 342 g/mol. The van der Waals surface area contributed by atoms with Crippen LogP contribution in [0.3, 0.4) is 0 Å². The molecular formula is C14H16F6N2O. The Morgan fingerprint density at radius 2 is 1.61 bits per heavy atom. The summed E-state index contributed by atoms with van der Waals surface area (Å²) < 4.78 is 75.0. The molecule has 0 amide bonds. The number of benzene rings is 1. The average Bonchev–Trinajstić information content (AvgIpc) is 2.46. The van der Waals surface area contributed by atoms with Gasteiger partial charge in [0.1, 0.15) is 0 Å². The molecule has 23 heavy (non-hydrogen) atoms. The summed E-state index contributed by atoms with van der Waals surface area (Å²) in [6.07, 6.45) is -11.5. The van der Waals surface area contributed by atoms with Crippen molar-refractivity contribution in [1.29, 1.82) is 0 Å². The largest absolute Gasteiger partial charge is 0.416 e. The zero-order valence-electron chi connectivity index (χ0n) is 12.0. The number of alkyl halides is 6. The molecule has 1 aliphatic rings. The number of nitrogens with zero attached hydrogens (tertiary/aromatic N) is 2. The van der Waals surface area contributed by atoms with Crippen molar-refractivity contribution < 1.29 is 31.4 Å². The number of hydrogen-bond donors (Lipinski definition) is 1. The van der Waals surface area contributed by atoms with Crippen molar-refractivity contribution in [3.8, 4) is 0 Å². The van der Waals surface area contributed by atoms with Crippen LogP contribution in [0, 0.1) is 0 Å². The van der Waals surface area contributed by atoms with Crippen molar-refractivity contribution in [3.63, 3.8) is 0 Å². The topological polar surface area (TPSA) is 26.7 Å². The molecule has 2 rings (SSSR count). The Kier molecular flexibility index (Phi) is 5.10. The first-order chi connectivity index (χ1) is 10.6. The third-order valence-corrected chi connectivity index (χ3v) is 3.72. The van der Waals surface area contributed by atoms with Gasteiger partial charge in [-0.25, -0.2) is 0 Å². The van der Waals surface area contributed by atoms with Crippen molar-refractivity contribution in [2.75, 3.05) is 37.6 Å². The lowest BCUT2D eigenvalue weighted by Crippen LogP contribution is -2.50. The molecule has 1 fully saturated rings. The van der Waals surface area contributed by atoms with Crippen LogP contribution in [0.25, 0.3) is 0 Å². The van der Waals surface area contributed by atoms with E-state index in [4.69, 9.17) is 5.11 Å². The molecule has 0 spiro atoms. The molecule has 130 valence electrons. The van der Waals surface area contributed by atoms with Gasteiger partial charge in [0, 0.05) is 38.4 Å². The quantitative estimate of drug-likeness (QED) is 0.856. The molecule has 0 saturated carbocycles. The van der Waals surface area contributed by atoms with E-state index in [0.29, 0.717) is 18.8 Å². The minimum absolute atomic E-state index is 0.239. The minimum Gasteiger partial charge on any atom is -0.382 e. The predicted molar refractivity (Wildman–Crippen MR) is 72.2 cm³/mol. The van der Waals surface area contributed by atoms with Crippen LogP contribution < -0.4 is 4.90 Å². The van der Waals surface area contributed by atoms with E-state index < -0.39 is 30.6 Å². The highest BCUT2D eigenvalue weighted by Gasteiger charge is 2.39. The Morgan fingerprint density at radius 3 is 2.13 bits per heavy atom. The summed E-state index contributed by atoms with van der Waals surface area (Å²) in [6.45, 7) is 0.546. The summed E-state index contributed by atoms with van der Waals surface area (Å²) in [6, 6.07) is 4.84. The summed E-state index contributed by atoms with van der Waals surface area (Å²) in [7, 11) is 0. The van der Waals surface area contributed by atoms with Crippen LogP contribution in [0.2, 0.25) is 0 Å². The molecule has 0 radical (unpaired) electrons. The molecule has 1 heterocycles. The molecule has 3 nitrogen and oxygen atoms in total. The molecule has 1 aromatic rings. The van der Waals surface area contributed by atoms with Crippen LogP contribution in [0.4, 0.5) is 32.0 Å². The fraction of sp³-hybridized carbons (Fsp3) is 0.571. The van der Waals surface area contributed by atoms with Gasteiger partial charge in [-0.1, -0.05) is 6.07 Å². The lowest BCUT2D eigenvalue weighted by molar-refractivity contribution is -0.208. The van der Waals surface area contributed by atoms with Gasteiger partial charge >= 0.3 is 12.4 Å². The highest BCUT2D eigenvalue weighted by atomic mass is 19.4. The van der Waals surface area contributed by atoms with Crippen LogP contribution in [0.15, 0.2) is 24.3 Å². The van der Waals surface area contributed by atoms with Crippen LogP contribution >= 0.6 is 0 Å². The number of anilines is 1. The second-order valence-corrected chi connectivity index (χ2v) is 5.39. The summed E-state index contributed by atoms with van der Waals surface area (Å²) in [5.41, 5.74) is -0.374. The van der Waals surface area contributed by atoms with Crippen molar-refractivity contribution in [2.24, 2.45) is 0 Å². The van der Waals surface area contributed by atoms with Crippen molar-refractivity contribution >= 4 is 5.69 Å². The molecule has 0 unspecified atom stereocenters. The Balaban J connectivity index is 1.95. The Labute approximate surface area is 129 Å². The molecule has 1 saturated heterocycles. The molecule has 0 bridgehead atoms. The summed E-state index contributed by atoms with van der Waals surface area (Å²) >= 11 is 0. The number of aliphatic hydroxyl groups is 1. The lowest BCUT2D eigenvalue weighted by atomic mass is 10.1. The fourth-order valence-corrected chi connectivity index (χ4v) is 2.42. The standard InChI is InChI=1S/C14H16F6N2O/c15-13(16,17)10-2-1-3-11(8-10)22-6-4-21(5-7-22)9-12(23)14(18,19)20/h1-3,8,12,23H,4-7,9H2/t12-/m0/s1. The van der Waals surface area contributed by atoms with E-state index in [0.717, 1.165) is 12.1 Å². The van der Waals surface area contributed by atoms with E-state index in [2.05, 4.69) is 0 Å². The Hall–Kier alpha value is -1.48. The second kappa shape index (κ2) is 6.56. The van der Waals surface area contributed by atoms with Crippen LogP contribution in [-0.2, 0) is 6.18 Å². The maximum Gasteiger partial charge on any atom is 0.416 e. The van der Waals surface area contributed by atoms with Crippen LogP contribution in [0.1, 0.15) is 5.56 Å². The molecule has 1 atom stereocenters. The molecule has 0 aliphatic carbocycles. The molecule has 1 N–H and O–H groups in total. The van der Waals surface area contributed by atoms with Gasteiger partial charge in [0.05, 0.1) is 5.56 Å². The smallest absolute Gasteiger partial charge is 0.382 e. The van der Waals surface area contributed by atoms with Gasteiger partial charge in [0.2, 0.25) is 0 Å². The molecule has 1 aromatic carbocycles. The van der Waals surface area contributed by atoms with E-state index in [-0.39, 0.29) is 13.1 Å². The maximum absolute atomic E-state index is 12.7. The Bertz CT molecular complexity index is 523.